The van der Waals surface area contributed by atoms with Gasteiger partial charge in [-0.15, -0.1) is 0 Å². The highest BCUT2D eigenvalue weighted by molar-refractivity contribution is 5.83. The molecular formula is C14H13N3O. The Morgan fingerprint density at radius 3 is 2.61 bits per heavy atom. The second-order valence-corrected chi connectivity index (χ2v) is 4.03. The van der Waals surface area contributed by atoms with E-state index in [9.17, 15) is 0 Å². The predicted molar refractivity (Wildman–Crippen MR) is 72.1 cm³/mol. The van der Waals surface area contributed by atoms with Crippen LogP contribution in [-0.4, -0.2) is 16.8 Å². The SMILES string of the molecule is COn1c(-c2ccccc2)nc2ccc(N)cc21. The van der Waals surface area contributed by atoms with E-state index < -0.39 is 0 Å². The molecule has 3 rings (SSSR count). The molecule has 0 saturated carbocycles. The summed E-state index contributed by atoms with van der Waals surface area (Å²) in [6.45, 7) is 0. The maximum Gasteiger partial charge on any atom is 0.176 e. The fourth-order valence-electron chi connectivity index (χ4n) is 2.03. The molecule has 4 nitrogen and oxygen atoms in total. The first kappa shape index (κ1) is 10.7. The monoisotopic (exact) mass is 239 g/mol. The summed E-state index contributed by atoms with van der Waals surface area (Å²) in [7, 11) is 1.62. The van der Waals surface area contributed by atoms with E-state index in [0.717, 1.165) is 22.4 Å². The van der Waals surface area contributed by atoms with Crippen LogP contribution in [-0.2, 0) is 0 Å². The van der Waals surface area contributed by atoms with Crippen LogP contribution in [0.15, 0.2) is 48.5 Å². The molecule has 18 heavy (non-hydrogen) atoms. The topological polar surface area (TPSA) is 53.1 Å². The van der Waals surface area contributed by atoms with Crippen molar-refractivity contribution in [3.05, 3.63) is 48.5 Å². The first-order valence-corrected chi connectivity index (χ1v) is 5.67. The molecule has 0 aliphatic heterocycles. The smallest absolute Gasteiger partial charge is 0.176 e. The van der Waals surface area contributed by atoms with Gasteiger partial charge in [-0.2, -0.15) is 4.73 Å². The number of nitrogens with zero attached hydrogens (tertiary/aromatic N) is 2. The summed E-state index contributed by atoms with van der Waals surface area (Å²) in [5.41, 5.74) is 9.24. The summed E-state index contributed by atoms with van der Waals surface area (Å²) in [4.78, 5) is 9.98. The molecule has 1 heterocycles. The van der Waals surface area contributed by atoms with Crippen LogP contribution in [0.25, 0.3) is 22.4 Å². The van der Waals surface area contributed by atoms with Crippen molar-refractivity contribution in [2.45, 2.75) is 0 Å². The molecule has 0 bridgehead atoms. The zero-order valence-corrected chi connectivity index (χ0v) is 10.00. The normalized spacial score (nSPS) is 10.7. The number of nitrogens with two attached hydrogens (primary N) is 1. The van der Waals surface area contributed by atoms with E-state index in [1.165, 1.54) is 0 Å². The molecule has 2 aromatic carbocycles. The van der Waals surface area contributed by atoms with Crippen molar-refractivity contribution >= 4 is 16.7 Å². The van der Waals surface area contributed by atoms with Crippen molar-refractivity contribution < 1.29 is 4.84 Å². The lowest BCUT2D eigenvalue weighted by molar-refractivity contribution is 0.182. The number of nitrogen functional groups attached to an aromatic ring is 1. The molecule has 2 N–H and O–H groups in total. The maximum atomic E-state index is 5.80. The van der Waals surface area contributed by atoms with Crippen LogP contribution >= 0.6 is 0 Å². The van der Waals surface area contributed by atoms with Crippen molar-refractivity contribution in [3.63, 3.8) is 0 Å². The average Bonchev–Trinajstić information content (AvgIpc) is 2.77. The van der Waals surface area contributed by atoms with Gasteiger partial charge in [0.15, 0.2) is 5.82 Å². The lowest BCUT2D eigenvalue weighted by atomic mass is 10.2. The van der Waals surface area contributed by atoms with Gasteiger partial charge in [-0.05, 0) is 18.2 Å². The molecule has 0 aliphatic rings. The minimum atomic E-state index is 0.695. The van der Waals surface area contributed by atoms with E-state index in [0.29, 0.717) is 5.69 Å². The minimum absolute atomic E-state index is 0.695. The highest BCUT2D eigenvalue weighted by Crippen LogP contribution is 2.24. The Morgan fingerprint density at radius 2 is 1.89 bits per heavy atom. The van der Waals surface area contributed by atoms with Gasteiger partial charge in [-0.1, -0.05) is 30.3 Å². The van der Waals surface area contributed by atoms with Gasteiger partial charge >= 0.3 is 0 Å². The Bertz CT molecular complexity index is 689. The molecule has 1 aromatic heterocycles. The summed E-state index contributed by atoms with van der Waals surface area (Å²) in [5, 5.41) is 0. The Balaban J connectivity index is 2.30. The second-order valence-electron chi connectivity index (χ2n) is 4.03. The summed E-state index contributed by atoms with van der Waals surface area (Å²) >= 11 is 0. The van der Waals surface area contributed by atoms with Gasteiger partial charge in [0.05, 0.1) is 5.52 Å². The number of rotatable bonds is 2. The maximum absolute atomic E-state index is 5.80. The zero-order valence-electron chi connectivity index (χ0n) is 10.00. The fraction of sp³-hybridized carbons (Fsp3) is 0.0714. The first-order valence-electron chi connectivity index (χ1n) is 5.67. The lowest BCUT2D eigenvalue weighted by Gasteiger charge is -2.06. The summed E-state index contributed by atoms with van der Waals surface area (Å²) in [6, 6.07) is 15.5. The summed E-state index contributed by atoms with van der Waals surface area (Å²) in [5.74, 6) is 0.777. The van der Waals surface area contributed by atoms with Crippen LogP contribution in [0.5, 0.6) is 0 Å². The fourth-order valence-corrected chi connectivity index (χ4v) is 2.03. The molecule has 3 aromatic rings. The highest BCUT2D eigenvalue weighted by atomic mass is 16.6. The van der Waals surface area contributed by atoms with Gasteiger partial charge in [0.25, 0.3) is 0 Å². The second kappa shape index (κ2) is 4.07. The van der Waals surface area contributed by atoms with Crippen LogP contribution in [0.1, 0.15) is 0 Å². The Hall–Kier alpha value is -2.49. The molecule has 4 heteroatoms. The van der Waals surface area contributed by atoms with Gasteiger partial charge in [0, 0.05) is 11.3 Å². The molecule has 0 atom stereocenters. The average molecular weight is 239 g/mol. The van der Waals surface area contributed by atoms with Crippen LogP contribution < -0.4 is 10.6 Å². The van der Waals surface area contributed by atoms with Crippen LogP contribution in [0.4, 0.5) is 5.69 Å². The van der Waals surface area contributed by atoms with E-state index >= 15 is 0 Å². The van der Waals surface area contributed by atoms with Crippen LogP contribution in [0, 0.1) is 0 Å². The van der Waals surface area contributed by atoms with E-state index in [2.05, 4.69) is 4.98 Å². The van der Waals surface area contributed by atoms with Gasteiger partial charge in [0.1, 0.15) is 12.6 Å². The van der Waals surface area contributed by atoms with E-state index in [-0.39, 0.29) is 0 Å². The third kappa shape index (κ3) is 1.59. The van der Waals surface area contributed by atoms with E-state index in [1.54, 1.807) is 11.8 Å². The van der Waals surface area contributed by atoms with E-state index in [4.69, 9.17) is 10.6 Å². The largest absolute Gasteiger partial charge is 0.415 e. The molecule has 0 unspecified atom stereocenters. The molecule has 0 amide bonds. The predicted octanol–water partition coefficient (Wildman–Crippen LogP) is 2.34. The van der Waals surface area contributed by atoms with Crippen molar-refractivity contribution in [2.24, 2.45) is 0 Å². The third-order valence-corrected chi connectivity index (χ3v) is 2.85. The quantitative estimate of drug-likeness (QED) is 0.698. The minimum Gasteiger partial charge on any atom is -0.415 e. The third-order valence-electron chi connectivity index (χ3n) is 2.85. The molecule has 0 saturated heterocycles. The number of anilines is 1. The number of benzene rings is 2. The molecular weight excluding hydrogens is 226 g/mol. The van der Waals surface area contributed by atoms with Gasteiger partial charge in [-0.3, -0.25) is 0 Å². The van der Waals surface area contributed by atoms with Crippen molar-refractivity contribution in [2.75, 3.05) is 12.8 Å². The van der Waals surface area contributed by atoms with Gasteiger partial charge in [-0.25, -0.2) is 4.98 Å². The van der Waals surface area contributed by atoms with Crippen LogP contribution in [0.2, 0.25) is 0 Å². The molecule has 0 radical (unpaired) electrons. The molecule has 0 spiro atoms. The van der Waals surface area contributed by atoms with Gasteiger partial charge in [0.2, 0.25) is 0 Å². The summed E-state index contributed by atoms with van der Waals surface area (Å²) < 4.78 is 1.70. The van der Waals surface area contributed by atoms with Crippen molar-refractivity contribution in [3.8, 4) is 11.4 Å². The molecule has 90 valence electrons. The lowest BCUT2D eigenvalue weighted by Crippen LogP contribution is -2.07. The Kier molecular flexibility index (Phi) is 2.41. The van der Waals surface area contributed by atoms with Crippen molar-refractivity contribution in [1.82, 2.24) is 9.71 Å². The standard InChI is InChI=1S/C14H13N3O/c1-18-17-13-9-11(15)7-8-12(13)16-14(17)10-5-3-2-4-6-10/h2-9H,15H2,1H3. The van der Waals surface area contributed by atoms with E-state index in [1.807, 2.05) is 48.5 Å². The summed E-state index contributed by atoms with van der Waals surface area (Å²) in [6.07, 6.45) is 0. The van der Waals surface area contributed by atoms with Crippen LogP contribution in [0.3, 0.4) is 0 Å². The Morgan fingerprint density at radius 1 is 1.11 bits per heavy atom. The molecule has 0 fully saturated rings. The number of imidazole rings is 1. The van der Waals surface area contributed by atoms with Gasteiger partial charge < -0.3 is 10.6 Å². The Labute approximate surface area is 105 Å². The zero-order chi connectivity index (χ0) is 12.5. The number of hydrogen-bond donors (Lipinski definition) is 1. The highest BCUT2D eigenvalue weighted by Gasteiger charge is 2.12. The number of aromatic nitrogens is 2. The number of fused-ring (bicyclic) bond motifs is 1. The first-order chi connectivity index (χ1) is 8.79. The molecule has 0 aliphatic carbocycles. The number of hydrogen-bond acceptors (Lipinski definition) is 3. The van der Waals surface area contributed by atoms with Crippen molar-refractivity contribution in [1.29, 1.82) is 0 Å².